The number of aromatic nitrogens is 4. The second-order valence-corrected chi connectivity index (χ2v) is 4.59. The van der Waals surface area contributed by atoms with Crippen LogP contribution in [0.2, 0.25) is 0 Å². The van der Waals surface area contributed by atoms with Gasteiger partial charge in [-0.1, -0.05) is 0 Å². The van der Waals surface area contributed by atoms with Gasteiger partial charge in [0.05, 0.1) is 0 Å². The molecule has 22 nitrogen and oxygen atoms in total. The molecule has 212 valence electrons. The molecule has 0 spiro atoms. The fraction of sp³-hybridized carbons (Fsp3) is 0. The Hall–Kier alpha value is -1.46. The molecule has 2 aromatic rings. The molecule has 2 rings (SSSR count). The average molecular weight is 648 g/mol. The van der Waals surface area contributed by atoms with Crippen LogP contribution in [-0.4, -0.2) is 65.9 Å². The second kappa shape index (κ2) is 41.8. The summed E-state index contributed by atoms with van der Waals surface area (Å²) in [5.74, 6) is 1.11. The van der Waals surface area contributed by atoms with Crippen molar-refractivity contribution in [2.75, 3.05) is 0 Å². The molecule has 0 bridgehead atoms. The maximum atomic E-state index is 8.52. The largest absolute Gasteiger partial charge is 2.00 e. The van der Waals surface area contributed by atoms with Crippen LogP contribution < -0.4 is 0 Å². The number of rotatable bonds is 1. The molecule has 28 N–H and O–H groups in total. The van der Waals surface area contributed by atoms with Gasteiger partial charge in [0.25, 0.3) is 0 Å². The van der Waals surface area contributed by atoms with Crippen molar-refractivity contribution in [3.63, 3.8) is 0 Å². The van der Waals surface area contributed by atoms with Gasteiger partial charge >= 0.3 is 34.1 Å². The van der Waals surface area contributed by atoms with Crippen molar-refractivity contribution in [3.05, 3.63) is 36.9 Å². The topological polar surface area (TPSA) is 539 Å². The Bertz CT molecular complexity index is 690. The van der Waals surface area contributed by atoms with E-state index in [1.807, 2.05) is 0 Å². The maximum absolute atomic E-state index is 8.52. The van der Waals surface area contributed by atoms with Crippen molar-refractivity contribution < 1.29 is 124 Å². The summed E-state index contributed by atoms with van der Waals surface area (Å²) in [4.78, 5) is 16.1. The second-order valence-electron chi connectivity index (χ2n) is 2.96. The summed E-state index contributed by atoms with van der Waals surface area (Å²) in [5, 5.41) is 0. The van der Waals surface area contributed by atoms with Crippen LogP contribution in [0.25, 0.3) is 11.6 Å². The average Bonchev–Trinajstić information content (AvgIpc) is 2.37. The third kappa shape index (κ3) is 77.5. The van der Waals surface area contributed by atoms with E-state index >= 15 is 0 Å². The van der Waals surface area contributed by atoms with Crippen LogP contribution in [0.15, 0.2) is 36.9 Å². The minimum Gasteiger partial charge on any atom is -0.759 e. The molecule has 0 saturated carbocycles. The quantitative estimate of drug-likeness (QED) is 0.120. The van der Waals surface area contributed by atoms with Crippen molar-refractivity contribution in [2.45, 2.75) is 0 Å². The van der Waals surface area contributed by atoms with E-state index in [0.717, 1.165) is 0 Å². The summed E-state index contributed by atoms with van der Waals surface area (Å²) in [6.45, 7) is 0. The fourth-order valence-corrected chi connectivity index (χ4v) is 0.829. The van der Waals surface area contributed by atoms with Gasteiger partial charge in [-0.2, -0.15) is 0 Å². The summed E-state index contributed by atoms with van der Waals surface area (Å²) in [6, 6.07) is 3.51. The number of nitrogens with zero attached hydrogens (tertiary/aromatic N) is 4. The molecule has 0 amide bonds. The molecule has 0 fully saturated rings. The van der Waals surface area contributed by atoms with Gasteiger partial charge < -0.3 is 73.0 Å². The zero-order valence-electron chi connectivity index (χ0n) is 16.7. The minimum atomic E-state index is -5.17. The van der Waals surface area contributed by atoms with Crippen molar-refractivity contribution >= 4 is 20.8 Å². The molecule has 34 heavy (non-hydrogen) atoms. The first-order valence-corrected chi connectivity index (χ1v) is 7.51. The van der Waals surface area contributed by atoms with Gasteiger partial charge in [0, 0.05) is 45.6 Å². The molecule has 0 aliphatic rings. The van der Waals surface area contributed by atoms with Crippen LogP contribution in [0.4, 0.5) is 0 Å². The Morgan fingerprint density at radius 3 is 0.706 bits per heavy atom. The van der Waals surface area contributed by atoms with Crippen molar-refractivity contribution in [3.8, 4) is 11.6 Å². The predicted molar refractivity (Wildman–Crippen MR) is 110 cm³/mol. The normalized spacial score (nSPS) is 6.82. The molecule has 0 atom stereocenters. The van der Waals surface area contributed by atoms with Crippen LogP contribution in [0.1, 0.15) is 0 Å². The Morgan fingerprint density at radius 2 is 0.588 bits per heavy atom. The third-order valence-electron chi connectivity index (χ3n) is 1.33. The first kappa shape index (κ1) is 84.8. The smallest absolute Gasteiger partial charge is 0.759 e. The molecular formula is C8H34Mn2N4O18S2+8. The SMILES string of the molecule is O.O.O=S(=O)([O-])[O-].O=S(=O)([O-])[O-].[Mn+2].[Mn+2].[OH3+].[OH3+].[OH3+].[OH3+].[OH3+].[OH3+].[OH3+].[OH3+].c1cnc(-c2ncccn2)nc1. The molecule has 0 unspecified atom stereocenters. The molecule has 0 aliphatic heterocycles. The number of hydrogen-bond acceptors (Lipinski definition) is 12. The zero-order chi connectivity index (χ0) is 17.2. The molecule has 0 aromatic carbocycles. The zero-order valence-corrected chi connectivity index (χ0v) is 20.7. The van der Waals surface area contributed by atoms with Crippen molar-refractivity contribution in [1.29, 1.82) is 0 Å². The fourth-order valence-electron chi connectivity index (χ4n) is 0.829. The van der Waals surface area contributed by atoms with Gasteiger partial charge in [-0.3, -0.25) is 16.8 Å². The van der Waals surface area contributed by atoms with Gasteiger partial charge in [-0.15, -0.1) is 0 Å². The van der Waals surface area contributed by atoms with E-state index in [4.69, 9.17) is 35.0 Å². The monoisotopic (exact) mass is 648 g/mol. The summed E-state index contributed by atoms with van der Waals surface area (Å²) >= 11 is 0. The maximum Gasteiger partial charge on any atom is 2.00 e. The van der Waals surface area contributed by atoms with Gasteiger partial charge in [-0.05, 0) is 12.1 Å². The van der Waals surface area contributed by atoms with Crippen molar-refractivity contribution in [2.24, 2.45) is 0 Å². The summed E-state index contributed by atoms with van der Waals surface area (Å²) in [5.41, 5.74) is 0. The first-order chi connectivity index (χ1) is 9.97. The van der Waals surface area contributed by atoms with Crippen molar-refractivity contribution in [1.82, 2.24) is 19.9 Å². The molecule has 2 radical (unpaired) electrons. The van der Waals surface area contributed by atoms with E-state index < -0.39 is 20.8 Å². The Kier molecular flexibility index (Phi) is 104. The molecular weight excluding hydrogens is 614 g/mol. The third-order valence-corrected chi connectivity index (χ3v) is 1.33. The van der Waals surface area contributed by atoms with E-state index in [-0.39, 0.29) is 88.9 Å². The van der Waals surface area contributed by atoms with Gasteiger partial charge in [0.15, 0.2) is 11.6 Å². The van der Waals surface area contributed by atoms with Gasteiger partial charge in [-0.25, -0.2) is 19.9 Å². The molecule has 26 heteroatoms. The van der Waals surface area contributed by atoms with Gasteiger partial charge in [0.2, 0.25) is 0 Å². The molecule has 2 heterocycles. The van der Waals surface area contributed by atoms with Crippen LogP contribution in [-0.2, 0) is 98.7 Å². The van der Waals surface area contributed by atoms with Crippen LogP contribution in [0, 0.1) is 0 Å². The summed E-state index contributed by atoms with van der Waals surface area (Å²) in [7, 11) is -10.3. The van der Waals surface area contributed by atoms with Crippen LogP contribution in [0.5, 0.6) is 0 Å². The van der Waals surface area contributed by atoms with Gasteiger partial charge in [0.1, 0.15) is 0 Å². The Labute approximate surface area is 213 Å². The summed E-state index contributed by atoms with van der Waals surface area (Å²) < 4.78 is 68.2. The summed E-state index contributed by atoms with van der Waals surface area (Å²) in [6.07, 6.45) is 6.66. The van der Waals surface area contributed by atoms with E-state index in [0.29, 0.717) is 11.6 Å². The number of hydrogen-bond donors (Lipinski definition) is 0. The van der Waals surface area contributed by atoms with E-state index in [2.05, 4.69) is 19.9 Å². The minimum absolute atomic E-state index is 0. The Balaban J connectivity index is -0.0000000165. The van der Waals surface area contributed by atoms with Crippen LogP contribution in [0.3, 0.4) is 0 Å². The standard InChI is InChI=1S/C8H6N4.2Mn.2H2O4S.10H2O/c1-3-9-7(10-4-1)8-11-5-2-6-12-8;;;2*1-5(2,3)4;;;;;;;;;;/h1-6H;;;2*(H2,1,2,3,4);10*1H2/q;2*+2;;;;;;;;;;;;/p+4. The first-order valence-electron chi connectivity index (χ1n) is 4.84. The van der Waals surface area contributed by atoms with E-state index in [9.17, 15) is 0 Å². The predicted octanol–water partition coefficient (Wildman–Crippen LogP) is -10.8. The van der Waals surface area contributed by atoms with E-state index in [1.165, 1.54) is 0 Å². The molecule has 0 saturated heterocycles. The Morgan fingerprint density at radius 1 is 0.471 bits per heavy atom. The molecule has 0 aliphatic carbocycles. The van der Waals surface area contributed by atoms with Crippen LogP contribution >= 0.6 is 0 Å². The molecule has 2 aromatic heterocycles. The van der Waals surface area contributed by atoms with E-state index in [1.54, 1.807) is 36.9 Å².